The summed E-state index contributed by atoms with van der Waals surface area (Å²) in [6.07, 6.45) is 0.288. The fourth-order valence-corrected chi connectivity index (χ4v) is 0.375. The van der Waals surface area contributed by atoms with Gasteiger partial charge < -0.3 is 15.5 Å². The van der Waals surface area contributed by atoms with Crippen LogP contribution in [0.3, 0.4) is 0 Å². The van der Waals surface area contributed by atoms with Crippen LogP contribution in [0.4, 0.5) is 0 Å². The zero-order valence-corrected chi connectivity index (χ0v) is 5.54. The summed E-state index contributed by atoms with van der Waals surface area (Å²) >= 11 is 0. The van der Waals surface area contributed by atoms with Crippen molar-refractivity contribution in [1.29, 1.82) is 0 Å². The Hall–Kier alpha value is -0.540. The van der Waals surface area contributed by atoms with Crippen molar-refractivity contribution in [2.24, 2.45) is 5.92 Å². The molecule has 0 aromatic carbocycles. The summed E-state index contributed by atoms with van der Waals surface area (Å²) in [5.41, 5.74) is 0. The first-order chi connectivity index (χ1) is 4.18. The van der Waals surface area contributed by atoms with Crippen LogP contribution in [-0.2, 0) is 0 Å². The molecule has 0 amide bonds. The van der Waals surface area contributed by atoms with E-state index in [1.54, 1.807) is 6.92 Å². The maximum Gasteiger partial charge on any atom is 0.155 e. The number of hydrogen-bond donors (Lipinski definition) is 3. The van der Waals surface area contributed by atoms with Crippen LogP contribution >= 0.6 is 0 Å². The molecule has 0 aliphatic carbocycles. The Kier molecular flexibility index (Phi) is 4.09. The molecule has 0 saturated heterocycles. The van der Waals surface area contributed by atoms with Crippen molar-refractivity contribution in [2.75, 3.05) is 6.54 Å². The summed E-state index contributed by atoms with van der Waals surface area (Å²) in [4.78, 5) is 0. The van der Waals surface area contributed by atoms with E-state index in [1.807, 2.05) is 0 Å². The molecule has 9 heavy (non-hydrogen) atoms. The lowest BCUT2D eigenvalue weighted by Gasteiger charge is -2.12. The Balaban J connectivity index is 3.26. The highest BCUT2D eigenvalue weighted by molar-refractivity contribution is 4.66. The first-order valence-electron chi connectivity index (χ1n) is 2.89. The third-order valence-corrected chi connectivity index (χ3v) is 1.09. The van der Waals surface area contributed by atoms with E-state index in [4.69, 9.17) is 10.2 Å². The van der Waals surface area contributed by atoms with Gasteiger partial charge in [0.1, 0.15) is 0 Å². The number of aliphatic hydroxyl groups excluding tert-OH is 1. The fourth-order valence-electron chi connectivity index (χ4n) is 0.375. The summed E-state index contributed by atoms with van der Waals surface area (Å²) in [7, 11) is 0. The lowest BCUT2D eigenvalue weighted by atomic mass is 10.2. The molecule has 0 aliphatic heterocycles. The molecule has 54 valence electrons. The Morgan fingerprint density at radius 2 is 2.22 bits per heavy atom. The molecule has 0 fully saturated rings. The normalized spacial score (nSPS) is 13.3. The average molecular weight is 131 g/mol. The smallest absolute Gasteiger partial charge is 0.155 e. The number of hydrogen-bond acceptors (Lipinski definition) is 3. The van der Waals surface area contributed by atoms with Crippen molar-refractivity contribution >= 4 is 0 Å². The molecule has 0 aromatic heterocycles. The molecule has 3 heteroatoms. The van der Waals surface area contributed by atoms with Crippen LogP contribution < -0.4 is 5.32 Å². The minimum Gasteiger partial charge on any atom is -0.391 e. The molecule has 0 radical (unpaired) electrons. The van der Waals surface area contributed by atoms with Gasteiger partial charge in [-0.2, -0.15) is 0 Å². The molecule has 0 aromatic rings. The zero-order valence-electron chi connectivity index (χ0n) is 5.54. The van der Waals surface area contributed by atoms with E-state index in [9.17, 15) is 0 Å². The van der Waals surface area contributed by atoms with Gasteiger partial charge >= 0.3 is 0 Å². The minimum atomic E-state index is -1.24. The van der Waals surface area contributed by atoms with Crippen molar-refractivity contribution < 1.29 is 10.2 Å². The van der Waals surface area contributed by atoms with Gasteiger partial charge in [0.2, 0.25) is 0 Å². The highest BCUT2D eigenvalue weighted by Crippen LogP contribution is 1.95. The average Bonchev–Trinajstić information content (AvgIpc) is 1.82. The first kappa shape index (κ1) is 8.46. The van der Waals surface area contributed by atoms with E-state index in [0.717, 1.165) is 0 Å². The van der Waals surface area contributed by atoms with Gasteiger partial charge in [0.25, 0.3) is 0 Å². The van der Waals surface area contributed by atoms with Gasteiger partial charge in [0.05, 0.1) is 0 Å². The van der Waals surface area contributed by atoms with E-state index < -0.39 is 6.29 Å². The summed E-state index contributed by atoms with van der Waals surface area (Å²) in [5, 5.41) is 19.8. The van der Waals surface area contributed by atoms with Crippen LogP contribution in [-0.4, -0.2) is 23.0 Å². The number of rotatable bonds is 4. The van der Waals surface area contributed by atoms with Crippen LogP contribution in [0.2, 0.25) is 0 Å². The summed E-state index contributed by atoms with van der Waals surface area (Å²) in [6, 6.07) is 0. The fraction of sp³-hybridized carbons (Fsp3) is 0.667. The maximum atomic E-state index is 8.53. The highest BCUT2D eigenvalue weighted by atomic mass is 16.5. The summed E-state index contributed by atoms with van der Waals surface area (Å²) in [5.74, 6) is -0.150. The van der Waals surface area contributed by atoms with Crippen molar-refractivity contribution in [3.63, 3.8) is 0 Å². The molecule has 0 heterocycles. The van der Waals surface area contributed by atoms with Crippen LogP contribution in [0.5, 0.6) is 0 Å². The molecule has 0 spiro atoms. The lowest BCUT2D eigenvalue weighted by molar-refractivity contribution is -0.0768. The third-order valence-electron chi connectivity index (χ3n) is 1.09. The Labute approximate surface area is 55.0 Å². The topological polar surface area (TPSA) is 52.5 Å². The minimum absolute atomic E-state index is 0.150. The monoisotopic (exact) mass is 131 g/mol. The first-order valence-corrected chi connectivity index (χ1v) is 2.89. The SMILES string of the molecule is C=CNCC(C)C(O)O. The summed E-state index contributed by atoms with van der Waals surface area (Å²) < 4.78 is 0. The van der Waals surface area contributed by atoms with Crippen LogP contribution in [0, 0.1) is 5.92 Å². The predicted molar refractivity (Wildman–Crippen MR) is 35.6 cm³/mol. The van der Waals surface area contributed by atoms with Gasteiger partial charge in [0, 0.05) is 12.5 Å². The molecule has 1 unspecified atom stereocenters. The second-order valence-corrected chi connectivity index (χ2v) is 2.00. The molecule has 0 saturated carbocycles. The second kappa shape index (κ2) is 4.35. The van der Waals surface area contributed by atoms with Crippen molar-refractivity contribution in [3.8, 4) is 0 Å². The Morgan fingerprint density at radius 1 is 1.67 bits per heavy atom. The lowest BCUT2D eigenvalue weighted by Crippen LogP contribution is -2.26. The second-order valence-electron chi connectivity index (χ2n) is 2.00. The molecule has 0 aliphatic rings. The number of nitrogens with one attached hydrogen (secondary N) is 1. The molecule has 0 bridgehead atoms. The number of aliphatic hydroxyl groups is 2. The van der Waals surface area contributed by atoms with Gasteiger partial charge in [-0.25, -0.2) is 0 Å². The highest BCUT2D eigenvalue weighted by Gasteiger charge is 2.07. The van der Waals surface area contributed by atoms with Crippen molar-refractivity contribution in [2.45, 2.75) is 13.2 Å². The van der Waals surface area contributed by atoms with Gasteiger partial charge in [-0.05, 0) is 6.20 Å². The molecule has 0 rings (SSSR count). The van der Waals surface area contributed by atoms with E-state index >= 15 is 0 Å². The molecule has 3 nitrogen and oxygen atoms in total. The van der Waals surface area contributed by atoms with Crippen LogP contribution in [0.15, 0.2) is 12.8 Å². The van der Waals surface area contributed by atoms with Gasteiger partial charge in [-0.1, -0.05) is 13.5 Å². The van der Waals surface area contributed by atoms with E-state index in [0.29, 0.717) is 6.54 Å². The maximum absolute atomic E-state index is 8.53. The standard InChI is InChI=1S/C6H13NO2/c1-3-7-4-5(2)6(8)9/h3,5-9H,1,4H2,2H3. The quantitative estimate of drug-likeness (QED) is 0.458. The van der Waals surface area contributed by atoms with Gasteiger partial charge in [-0.3, -0.25) is 0 Å². The third kappa shape index (κ3) is 4.00. The summed E-state index contributed by atoms with van der Waals surface area (Å²) in [6.45, 7) is 5.70. The largest absolute Gasteiger partial charge is 0.391 e. The van der Waals surface area contributed by atoms with E-state index in [2.05, 4.69) is 11.9 Å². The van der Waals surface area contributed by atoms with Gasteiger partial charge in [-0.15, -0.1) is 0 Å². The zero-order chi connectivity index (χ0) is 7.28. The Morgan fingerprint density at radius 3 is 2.56 bits per heavy atom. The van der Waals surface area contributed by atoms with Crippen molar-refractivity contribution in [3.05, 3.63) is 12.8 Å². The molecule has 1 atom stereocenters. The van der Waals surface area contributed by atoms with Gasteiger partial charge in [0.15, 0.2) is 6.29 Å². The van der Waals surface area contributed by atoms with E-state index in [1.165, 1.54) is 6.20 Å². The van der Waals surface area contributed by atoms with Crippen LogP contribution in [0.25, 0.3) is 0 Å². The predicted octanol–water partition coefficient (Wildman–Crippen LogP) is -0.334. The Bertz CT molecular complexity index is 83.1. The molecular weight excluding hydrogens is 118 g/mol. The molecular formula is C6H13NO2. The van der Waals surface area contributed by atoms with E-state index in [-0.39, 0.29) is 5.92 Å². The van der Waals surface area contributed by atoms with Crippen LogP contribution in [0.1, 0.15) is 6.92 Å². The van der Waals surface area contributed by atoms with Crippen molar-refractivity contribution in [1.82, 2.24) is 5.32 Å². The molecule has 3 N–H and O–H groups in total.